The number of amides is 1. The molecule has 1 heterocycles. The smallest absolute Gasteiger partial charge is 0.251 e. The lowest BCUT2D eigenvalue weighted by Gasteiger charge is -2.26. The number of hydrogen-bond acceptors (Lipinski definition) is 5. The van der Waals surface area contributed by atoms with E-state index in [1.54, 1.807) is 23.9 Å². The summed E-state index contributed by atoms with van der Waals surface area (Å²) in [7, 11) is 0. The summed E-state index contributed by atoms with van der Waals surface area (Å²) in [4.78, 5) is 16.1. The van der Waals surface area contributed by atoms with Crippen LogP contribution in [0.1, 0.15) is 21.5 Å². The van der Waals surface area contributed by atoms with Crippen molar-refractivity contribution in [1.29, 1.82) is 0 Å². The van der Waals surface area contributed by atoms with Crippen molar-refractivity contribution in [2.75, 3.05) is 38.7 Å². The van der Waals surface area contributed by atoms with Gasteiger partial charge in [0.2, 0.25) is 0 Å². The van der Waals surface area contributed by atoms with Crippen molar-refractivity contribution in [2.24, 2.45) is 0 Å². The first-order valence-electron chi connectivity index (χ1n) is 11.3. The minimum Gasteiger partial charge on any atom is -0.493 e. The van der Waals surface area contributed by atoms with E-state index in [9.17, 15) is 4.79 Å². The van der Waals surface area contributed by atoms with E-state index in [1.807, 2.05) is 30.3 Å². The number of carbonyl (C=O) groups excluding carboxylic acids is 1. The Labute approximate surface area is 200 Å². The quantitative estimate of drug-likeness (QED) is 0.352. The molecule has 1 N–H and O–H groups in total. The Morgan fingerprint density at radius 1 is 0.909 bits per heavy atom. The fourth-order valence-corrected chi connectivity index (χ4v) is 4.35. The average molecular weight is 463 g/mol. The molecular weight excluding hydrogens is 432 g/mol. The van der Waals surface area contributed by atoms with Gasteiger partial charge in [-0.15, -0.1) is 11.8 Å². The molecule has 0 aromatic heterocycles. The van der Waals surface area contributed by atoms with Crippen molar-refractivity contribution in [3.63, 3.8) is 0 Å². The fourth-order valence-electron chi connectivity index (χ4n) is 3.60. The molecule has 6 heteroatoms. The van der Waals surface area contributed by atoms with E-state index in [2.05, 4.69) is 46.6 Å². The van der Waals surface area contributed by atoms with E-state index < -0.39 is 0 Å². The lowest BCUT2D eigenvalue weighted by atomic mass is 10.1. The Morgan fingerprint density at radius 3 is 2.33 bits per heavy atom. The van der Waals surface area contributed by atoms with Crippen molar-refractivity contribution < 1.29 is 14.3 Å². The van der Waals surface area contributed by atoms with Crippen LogP contribution in [0.15, 0.2) is 83.8 Å². The highest BCUT2D eigenvalue weighted by Gasteiger charge is 2.11. The molecule has 1 aliphatic heterocycles. The molecule has 5 nitrogen and oxygen atoms in total. The highest BCUT2D eigenvalue weighted by Crippen LogP contribution is 2.18. The van der Waals surface area contributed by atoms with Crippen LogP contribution in [0, 0.1) is 0 Å². The summed E-state index contributed by atoms with van der Waals surface area (Å²) in [6, 6.07) is 26.0. The molecule has 1 saturated heterocycles. The lowest BCUT2D eigenvalue weighted by molar-refractivity contribution is 0.0342. The van der Waals surface area contributed by atoms with Gasteiger partial charge < -0.3 is 14.8 Å². The van der Waals surface area contributed by atoms with E-state index in [1.165, 1.54) is 10.5 Å². The maximum atomic E-state index is 12.5. The van der Waals surface area contributed by atoms with Gasteiger partial charge in [-0.05, 0) is 47.5 Å². The average Bonchev–Trinajstić information content (AvgIpc) is 2.88. The van der Waals surface area contributed by atoms with Gasteiger partial charge in [0.1, 0.15) is 5.75 Å². The SMILES string of the molecule is O=C(NCc1ccc(CN2CCOCC2)cc1)c1ccc(OCCSc2ccccc2)cc1. The van der Waals surface area contributed by atoms with Crippen LogP contribution in [0.25, 0.3) is 0 Å². The summed E-state index contributed by atoms with van der Waals surface area (Å²) >= 11 is 1.77. The normalized spacial score (nSPS) is 14.1. The predicted octanol–water partition coefficient (Wildman–Crippen LogP) is 4.62. The molecule has 3 aromatic rings. The van der Waals surface area contributed by atoms with Crippen molar-refractivity contribution in [1.82, 2.24) is 10.2 Å². The molecule has 1 aliphatic rings. The number of thioether (sulfide) groups is 1. The lowest BCUT2D eigenvalue weighted by Crippen LogP contribution is -2.35. The molecule has 0 saturated carbocycles. The number of nitrogens with one attached hydrogen (secondary N) is 1. The number of ether oxygens (including phenoxy) is 2. The molecule has 1 amide bonds. The number of rotatable bonds is 10. The van der Waals surface area contributed by atoms with E-state index in [0.717, 1.165) is 49.9 Å². The monoisotopic (exact) mass is 462 g/mol. The maximum absolute atomic E-state index is 12.5. The second kappa shape index (κ2) is 12.4. The summed E-state index contributed by atoms with van der Waals surface area (Å²) in [5, 5.41) is 3.00. The Kier molecular flexibility index (Phi) is 8.81. The van der Waals surface area contributed by atoms with Crippen molar-refractivity contribution in [3.05, 3.63) is 95.6 Å². The van der Waals surface area contributed by atoms with Gasteiger partial charge >= 0.3 is 0 Å². The van der Waals surface area contributed by atoms with Crippen molar-refractivity contribution in [3.8, 4) is 5.75 Å². The second-order valence-corrected chi connectivity index (χ2v) is 9.09. The number of hydrogen-bond donors (Lipinski definition) is 1. The zero-order valence-corrected chi connectivity index (χ0v) is 19.6. The van der Waals surface area contributed by atoms with Gasteiger partial charge in [-0.3, -0.25) is 9.69 Å². The van der Waals surface area contributed by atoms with Crippen LogP contribution in [0.4, 0.5) is 0 Å². The molecular formula is C27H30N2O3S. The van der Waals surface area contributed by atoms with Gasteiger partial charge in [0, 0.05) is 42.4 Å². The minimum absolute atomic E-state index is 0.0847. The number of nitrogens with zero attached hydrogens (tertiary/aromatic N) is 1. The highest BCUT2D eigenvalue weighted by atomic mass is 32.2. The number of benzene rings is 3. The van der Waals surface area contributed by atoms with Crippen LogP contribution in [0.3, 0.4) is 0 Å². The molecule has 33 heavy (non-hydrogen) atoms. The third kappa shape index (κ3) is 7.63. The molecule has 0 radical (unpaired) electrons. The van der Waals surface area contributed by atoms with Crippen LogP contribution < -0.4 is 10.1 Å². The molecule has 0 aliphatic carbocycles. The first-order valence-corrected chi connectivity index (χ1v) is 12.3. The minimum atomic E-state index is -0.0847. The third-order valence-corrected chi connectivity index (χ3v) is 6.44. The summed E-state index contributed by atoms with van der Waals surface area (Å²) in [6.45, 7) is 5.64. The van der Waals surface area contributed by atoms with Crippen LogP contribution in [-0.4, -0.2) is 49.5 Å². The van der Waals surface area contributed by atoms with Crippen LogP contribution in [0.2, 0.25) is 0 Å². The van der Waals surface area contributed by atoms with Gasteiger partial charge in [0.15, 0.2) is 0 Å². The predicted molar refractivity (Wildman–Crippen MR) is 133 cm³/mol. The zero-order chi connectivity index (χ0) is 22.7. The molecule has 4 rings (SSSR count). The van der Waals surface area contributed by atoms with Crippen LogP contribution in [0.5, 0.6) is 5.75 Å². The molecule has 0 atom stereocenters. The topological polar surface area (TPSA) is 50.8 Å². The van der Waals surface area contributed by atoms with Gasteiger partial charge in [0.05, 0.1) is 19.8 Å². The second-order valence-electron chi connectivity index (χ2n) is 7.92. The molecule has 0 unspecified atom stereocenters. The van der Waals surface area contributed by atoms with E-state index in [-0.39, 0.29) is 5.91 Å². The maximum Gasteiger partial charge on any atom is 0.251 e. The fraction of sp³-hybridized carbons (Fsp3) is 0.296. The zero-order valence-electron chi connectivity index (χ0n) is 18.7. The van der Waals surface area contributed by atoms with Crippen LogP contribution in [-0.2, 0) is 17.8 Å². The Balaban J connectivity index is 1.17. The van der Waals surface area contributed by atoms with Crippen LogP contribution >= 0.6 is 11.8 Å². The summed E-state index contributed by atoms with van der Waals surface area (Å²) in [6.07, 6.45) is 0. The van der Waals surface area contributed by atoms with Gasteiger partial charge in [0.25, 0.3) is 5.91 Å². The highest BCUT2D eigenvalue weighted by molar-refractivity contribution is 7.99. The Morgan fingerprint density at radius 2 is 1.61 bits per heavy atom. The largest absolute Gasteiger partial charge is 0.493 e. The molecule has 0 spiro atoms. The molecule has 172 valence electrons. The van der Waals surface area contributed by atoms with E-state index in [0.29, 0.717) is 18.7 Å². The van der Waals surface area contributed by atoms with Gasteiger partial charge in [-0.1, -0.05) is 42.5 Å². The summed E-state index contributed by atoms with van der Waals surface area (Å²) in [5.41, 5.74) is 3.00. The van der Waals surface area contributed by atoms with Crippen molar-refractivity contribution >= 4 is 17.7 Å². The third-order valence-electron chi connectivity index (χ3n) is 5.47. The summed E-state index contributed by atoms with van der Waals surface area (Å²) < 4.78 is 11.2. The number of morpholine rings is 1. The van der Waals surface area contributed by atoms with E-state index >= 15 is 0 Å². The Bertz CT molecular complexity index is 988. The first-order chi connectivity index (χ1) is 16.3. The molecule has 3 aromatic carbocycles. The Hall–Kier alpha value is -2.80. The molecule has 1 fully saturated rings. The first kappa shape index (κ1) is 23.4. The van der Waals surface area contributed by atoms with Gasteiger partial charge in [-0.2, -0.15) is 0 Å². The van der Waals surface area contributed by atoms with E-state index in [4.69, 9.17) is 9.47 Å². The number of carbonyl (C=O) groups is 1. The standard InChI is InChI=1S/C27H30N2O3S/c30-27(28-20-22-6-8-23(9-7-22)21-29-14-16-31-17-15-29)24-10-12-25(13-11-24)32-18-19-33-26-4-2-1-3-5-26/h1-13H,14-21H2,(H,28,30). The molecule has 0 bridgehead atoms. The van der Waals surface area contributed by atoms with Crippen molar-refractivity contribution in [2.45, 2.75) is 18.0 Å². The van der Waals surface area contributed by atoms with Gasteiger partial charge in [-0.25, -0.2) is 0 Å². The summed E-state index contributed by atoms with van der Waals surface area (Å²) in [5.74, 6) is 1.56.